The van der Waals surface area contributed by atoms with Gasteiger partial charge < -0.3 is 4.90 Å². The number of rotatable bonds is 2. The molecule has 0 saturated carbocycles. The Hall–Kier alpha value is -2.71. The zero-order chi connectivity index (χ0) is 19.4. The van der Waals surface area contributed by atoms with E-state index in [9.17, 15) is 8.78 Å². The standard InChI is InChI=1S/C18H23F2N7/c1-17(2,3)16-22-14-13(15(23-16)26-10-7-18(19,20)11-26)25(4)27(24-14)12-5-8-21-9-6-12/h5-6,8-9H,7,10-11H2,1-4H3,(H,22,23,24). The molecule has 0 atom stereocenters. The van der Waals surface area contributed by atoms with Gasteiger partial charge in [0.1, 0.15) is 11.5 Å². The Morgan fingerprint density at radius 3 is 2.44 bits per heavy atom. The molecule has 2 aliphatic heterocycles. The fourth-order valence-corrected chi connectivity index (χ4v) is 3.29. The van der Waals surface area contributed by atoms with Gasteiger partial charge in [-0.25, -0.2) is 18.7 Å². The van der Waals surface area contributed by atoms with Crippen molar-refractivity contribution in [2.75, 3.05) is 40.6 Å². The van der Waals surface area contributed by atoms with Crippen LogP contribution in [0.15, 0.2) is 24.5 Å². The van der Waals surface area contributed by atoms with E-state index in [-0.39, 0.29) is 24.9 Å². The van der Waals surface area contributed by atoms with Gasteiger partial charge in [-0.15, -0.1) is 0 Å². The third-order valence-corrected chi connectivity index (χ3v) is 4.75. The van der Waals surface area contributed by atoms with E-state index in [4.69, 9.17) is 4.98 Å². The van der Waals surface area contributed by atoms with Crippen LogP contribution in [-0.4, -0.2) is 41.0 Å². The number of fused-ring (bicyclic) bond motifs is 1. The molecule has 7 nitrogen and oxygen atoms in total. The molecule has 2 aromatic heterocycles. The van der Waals surface area contributed by atoms with Gasteiger partial charge in [0, 0.05) is 37.8 Å². The molecule has 9 heteroatoms. The van der Waals surface area contributed by atoms with Crippen LogP contribution >= 0.6 is 0 Å². The lowest BCUT2D eigenvalue weighted by Gasteiger charge is -2.29. The summed E-state index contributed by atoms with van der Waals surface area (Å²) in [5.74, 6) is -0.938. The average Bonchev–Trinajstić information content (AvgIpc) is 3.14. The molecule has 0 spiro atoms. The molecule has 4 heterocycles. The van der Waals surface area contributed by atoms with E-state index in [1.54, 1.807) is 17.3 Å². The molecule has 0 unspecified atom stereocenters. The maximum atomic E-state index is 13.9. The SMILES string of the molecule is CN1c2c(nc(C(C)(C)C)nc2N2CCC(F)(F)C2)NN1c1ccncc1. The molecule has 1 saturated heterocycles. The highest BCUT2D eigenvalue weighted by molar-refractivity contribution is 5.86. The van der Waals surface area contributed by atoms with Crippen LogP contribution in [0.2, 0.25) is 0 Å². The first-order valence-electron chi connectivity index (χ1n) is 8.91. The summed E-state index contributed by atoms with van der Waals surface area (Å²) in [5.41, 5.74) is 4.51. The van der Waals surface area contributed by atoms with Gasteiger partial charge in [0.05, 0.1) is 12.2 Å². The number of pyridine rings is 1. The molecule has 0 aromatic carbocycles. The molecule has 2 aromatic rings. The van der Waals surface area contributed by atoms with Crippen molar-refractivity contribution >= 4 is 23.0 Å². The van der Waals surface area contributed by atoms with Crippen molar-refractivity contribution in [2.24, 2.45) is 0 Å². The molecule has 1 N–H and O–H groups in total. The Bertz CT molecular complexity index is 851. The van der Waals surface area contributed by atoms with Crippen LogP contribution in [0.3, 0.4) is 0 Å². The summed E-state index contributed by atoms with van der Waals surface area (Å²) in [7, 11) is 1.86. The number of nitrogens with one attached hydrogen (secondary N) is 1. The molecule has 0 bridgehead atoms. The average molecular weight is 375 g/mol. The Balaban J connectivity index is 1.80. The molecule has 144 valence electrons. The monoisotopic (exact) mass is 375 g/mol. The number of alkyl halides is 2. The summed E-state index contributed by atoms with van der Waals surface area (Å²) in [5, 5.41) is 3.66. The smallest absolute Gasteiger partial charge is 0.266 e. The van der Waals surface area contributed by atoms with Crippen molar-refractivity contribution in [3.05, 3.63) is 30.4 Å². The minimum absolute atomic E-state index is 0.165. The second-order valence-corrected chi connectivity index (χ2v) is 8.00. The first-order valence-corrected chi connectivity index (χ1v) is 8.91. The van der Waals surface area contributed by atoms with Crippen LogP contribution in [0.25, 0.3) is 0 Å². The normalized spacial score (nSPS) is 18.7. The van der Waals surface area contributed by atoms with Crippen LogP contribution in [0.1, 0.15) is 33.0 Å². The number of hydrogen-bond acceptors (Lipinski definition) is 7. The van der Waals surface area contributed by atoms with E-state index in [0.717, 1.165) is 5.69 Å². The maximum Gasteiger partial charge on any atom is 0.266 e. The van der Waals surface area contributed by atoms with E-state index < -0.39 is 5.92 Å². The van der Waals surface area contributed by atoms with Crippen LogP contribution < -0.4 is 20.5 Å². The number of aromatic nitrogens is 3. The Kier molecular flexibility index (Phi) is 3.87. The molecular weight excluding hydrogens is 352 g/mol. The second kappa shape index (κ2) is 5.90. The van der Waals surface area contributed by atoms with E-state index in [0.29, 0.717) is 23.1 Å². The lowest BCUT2D eigenvalue weighted by atomic mass is 9.95. The zero-order valence-corrected chi connectivity index (χ0v) is 15.9. The van der Waals surface area contributed by atoms with Gasteiger partial charge >= 0.3 is 0 Å². The van der Waals surface area contributed by atoms with E-state index in [2.05, 4.69) is 15.4 Å². The molecule has 27 heavy (non-hydrogen) atoms. The first-order chi connectivity index (χ1) is 12.7. The third kappa shape index (κ3) is 3.11. The predicted molar refractivity (Wildman–Crippen MR) is 101 cm³/mol. The minimum atomic E-state index is -2.70. The molecule has 0 aliphatic carbocycles. The quantitative estimate of drug-likeness (QED) is 0.865. The van der Waals surface area contributed by atoms with Crippen LogP contribution in [0.5, 0.6) is 0 Å². The van der Waals surface area contributed by atoms with Crippen molar-refractivity contribution in [1.82, 2.24) is 15.0 Å². The summed E-state index contributed by atoms with van der Waals surface area (Å²) in [4.78, 5) is 15.1. The summed E-state index contributed by atoms with van der Waals surface area (Å²) in [6, 6.07) is 3.72. The van der Waals surface area contributed by atoms with Crippen molar-refractivity contribution < 1.29 is 8.78 Å². The fraction of sp³-hybridized carbons (Fsp3) is 0.500. The topological polar surface area (TPSA) is 60.4 Å². The summed E-state index contributed by atoms with van der Waals surface area (Å²) in [6.45, 7) is 5.97. The predicted octanol–water partition coefficient (Wildman–Crippen LogP) is 3.21. The molecule has 0 radical (unpaired) electrons. The van der Waals surface area contributed by atoms with Crippen molar-refractivity contribution in [3.63, 3.8) is 0 Å². The number of hydrogen-bond donors (Lipinski definition) is 1. The highest BCUT2D eigenvalue weighted by Crippen LogP contribution is 2.44. The zero-order valence-electron chi connectivity index (χ0n) is 15.9. The van der Waals surface area contributed by atoms with Crippen LogP contribution in [0, 0.1) is 0 Å². The number of halogens is 2. The van der Waals surface area contributed by atoms with E-state index in [1.165, 1.54) is 0 Å². The van der Waals surface area contributed by atoms with E-state index >= 15 is 0 Å². The fourth-order valence-electron chi connectivity index (χ4n) is 3.29. The van der Waals surface area contributed by atoms with E-state index in [1.807, 2.05) is 50.1 Å². The lowest BCUT2D eigenvalue weighted by molar-refractivity contribution is 0.0257. The molecule has 0 amide bonds. The summed E-state index contributed by atoms with van der Waals surface area (Å²) >= 11 is 0. The van der Waals surface area contributed by atoms with Gasteiger partial charge in [0.2, 0.25) is 0 Å². The highest BCUT2D eigenvalue weighted by atomic mass is 19.3. The van der Waals surface area contributed by atoms with Gasteiger partial charge in [0.15, 0.2) is 11.6 Å². The Labute approximate surface area is 157 Å². The minimum Gasteiger partial charge on any atom is -0.348 e. The largest absolute Gasteiger partial charge is 0.348 e. The van der Waals surface area contributed by atoms with Crippen molar-refractivity contribution in [1.29, 1.82) is 0 Å². The summed E-state index contributed by atoms with van der Waals surface area (Å²) in [6.07, 6.45) is 3.23. The first kappa shape index (κ1) is 17.7. The molecular formula is C18H23F2N7. The molecule has 1 fully saturated rings. The maximum absolute atomic E-state index is 13.9. The van der Waals surface area contributed by atoms with Crippen molar-refractivity contribution in [2.45, 2.75) is 38.5 Å². The molecule has 4 rings (SSSR count). The van der Waals surface area contributed by atoms with Crippen molar-refractivity contribution in [3.8, 4) is 0 Å². The van der Waals surface area contributed by atoms with Gasteiger partial charge in [-0.3, -0.25) is 15.4 Å². The van der Waals surface area contributed by atoms with Gasteiger partial charge in [-0.1, -0.05) is 20.8 Å². The number of hydrazine groups is 2. The summed E-state index contributed by atoms with van der Waals surface area (Å²) < 4.78 is 27.7. The second-order valence-electron chi connectivity index (χ2n) is 8.00. The van der Waals surface area contributed by atoms with Gasteiger partial charge in [-0.2, -0.15) is 5.12 Å². The van der Waals surface area contributed by atoms with Crippen LogP contribution in [0.4, 0.5) is 31.8 Å². The Morgan fingerprint density at radius 2 is 1.85 bits per heavy atom. The third-order valence-electron chi connectivity index (χ3n) is 4.75. The number of anilines is 4. The van der Waals surface area contributed by atoms with Gasteiger partial charge in [0.25, 0.3) is 5.92 Å². The van der Waals surface area contributed by atoms with Crippen LogP contribution in [-0.2, 0) is 5.41 Å². The molecule has 2 aliphatic rings. The van der Waals surface area contributed by atoms with Gasteiger partial charge in [-0.05, 0) is 12.1 Å². The number of nitrogens with zero attached hydrogens (tertiary/aromatic N) is 6. The lowest BCUT2D eigenvalue weighted by Crippen LogP contribution is -2.39. The Morgan fingerprint density at radius 1 is 1.15 bits per heavy atom. The highest BCUT2D eigenvalue weighted by Gasteiger charge is 2.42.